The van der Waals surface area contributed by atoms with Gasteiger partial charge in [0, 0.05) is 19.2 Å². The van der Waals surface area contributed by atoms with Crippen LogP contribution in [0, 0.1) is 10.1 Å². The summed E-state index contributed by atoms with van der Waals surface area (Å²) in [7, 11) is 1.62. The van der Waals surface area contributed by atoms with E-state index in [9.17, 15) is 19.7 Å². The van der Waals surface area contributed by atoms with Gasteiger partial charge in [0.1, 0.15) is 11.9 Å². The van der Waals surface area contributed by atoms with E-state index in [1.165, 1.54) is 29.2 Å². The van der Waals surface area contributed by atoms with E-state index < -0.39 is 17.2 Å². The fourth-order valence-electron chi connectivity index (χ4n) is 1.79. The van der Waals surface area contributed by atoms with E-state index in [4.69, 9.17) is 9.47 Å². The lowest BCUT2D eigenvalue weighted by Crippen LogP contribution is -2.24. The summed E-state index contributed by atoms with van der Waals surface area (Å²) in [4.78, 5) is 34.1. The zero-order valence-corrected chi connectivity index (χ0v) is 10.6. The van der Waals surface area contributed by atoms with Crippen molar-refractivity contribution in [2.75, 3.05) is 13.6 Å². The number of hydrogen-bond acceptors (Lipinski definition) is 6. The first-order valence-corrected chi connectivity index (χ1v) is 5.82. The van der Waals surface area contributed by atoms with E-state index in [1.807, 2.05) is 0 Å². The van der Waals surface area contributed by atoms with Crippen molar-refractivity contribution in [2.45, 2.75) is 12.5 Å². The molecule has 1 atom stereocenters. The Morgan fingerprint density at radius 3 is 2.55 bits per heavy atom. The number of carbonyl (C=O) groups is 2. The Hall–Kier alpha value is -2.64. The molecule has 0 spiro atoms. The van der Waals surface area contributed by atoms with E-state index in [0.717, 1.165) is 0 Å². The number of rotatable bonds is 3. The lowest BCUT2D eigenvalue weighted by molar-refractivity contribution is -0.384. The second-order valence-corrected chi connectivity index (χ2v) is 4.32. The van der Waals surface area contributed by atoms with Crippen molar-refractivity contribution in [3.05, 3.63) is 34.4 Å². The quantitative estimate of drug-likeness (QED) is 0.358. The molecule has 1 aromatic rings. The fraction of sp³-hybridized carbons (Fsp3) is 0.333. The first-order valence-electron chi connectivity index (χ1n) is 5.82. The molecule has 0 radical (unpaired) electrons. The highest BCUT2D eigenvalue weighted by molar-refractivity contribution is 5.79. The third-order valence-electron chi connectivity index (χ3n) is 2.82. The van der Waals surface area contributed by atoms with Crippen LogP contribution in [0.5, 0.6) is 5.75 Å². The highest BCUT2D eigenvalue weighted by Crippen LogP contribution is 2.19. The summed E-state index contributed by atoms with van der Waals surface area (Å²) in [6, 6.07) is 5.03. The molecular weight excluding hydrogens is 268 g/mol. The first-order chi connectivity index (χ1) is 9.45. The highest BCUT2D eigenvalue weighted by Gasteiger charge is 2.30. The Kier molecular flexibility index (Phi) is 3.83. The summed E-state index contributed by atoms with van der Waals surface area (Å²) < 4.78 is 9.84. The summed E-state index contributed by atoms with van der Waals surface area (Å²) in [5.41, 5.74) is -0.103. The van der Waals surface area contributed by atoms with E-state index in [2.05, 4.69) is 0 Å². The lowest BCUT2D eigenvalue weighted by Gasteiger charge is -2.11. The fourth-order valence-corrected chi connectivity index (χ4v) is 1.79. The minimum Gasteiger partial charge on any atom is -0.428 e. The molecule has 0 unspecified atom stereocenters. The van der Waals surface area contributed by atoms with Crippen LogP contribution in [0.25, 0.3) is 0 Å². The number of carbonyl (C=O) groups excluding carboxylic acids is 2. The van der Waals surface area contributed by atoms with Gasteiger partial charge in [-0.05, 0) is 12.1 Å². The summed E-state index contributed by atoms with van der Waals surface area (Å²) in [5.74, 6) is 0.0383. The smallest absolute Gasteiger partial charge is 0.428 e. The van der Waals surface area contributed by atoms with Crippen LogP contribution < -0.4 is 4.74 Å². The third-order valence-corrected chi connectivity index (χ3v) is 2.82. The molecule has 1 aliphatic rings. The molecule has 1 aliphatic heterocycles. The number of likely N-dealkylation sites (N-methyl/N-ethyl adjacent to an activating group) is 1. The summed E-state index contributed by atoms with van der Waals surface area (Å²) >= 11 is 0. The predicted octanol–water partition coefficient (Wildman–Crippen LogP) is 1.34. The van der Waals surface area contributed by atoms with Gasteiger partial charge < -0.3 is 14.4 Å². The molecule has 106 valence electrons. The second kappa shape index (κ2) is 5.55. The maximum absolute atomic E-state index is 11.5. The summed E-state index contributed by atoms with van der Waals surface area (Å²) in [6.07, 6.45) is -1.34. The van der Waals surface area contributed by atoms with Crippen LogP contribution in [-0.4, -0.2) is 41.6 Å². The third kappa shape index (κ3) is 3.22. The molecule has 0 aliphatic carbocycles. The van der Waals surface area contributed by atoms with Crippen LogP contribution in [-0.2, 0) is 9.53 Å². The molecule has 1 heterocycles. The van der Waals surface area contributed by atoms with Gasteiger partial charge in [-0.15, -0.1) is 0 Å². The standard InChI is InChI=1S/C12H12N2O6/c1-13-7-10(6-11(13)15)20-12(16)19-9-4-2-8(3-5-9)14(17)18/h2-5,10H,6-7H2,1H3/t10-/m1/s1. The maximum Gasteiger partial charge on any atom is 0.514 e. The van der Waals surface area contributed by atoms with Crippen LogP contribution in [0.2, 0.25) is 0 Å². The molecule has 2 rings (SSSR count). The Morgan fingerprint density at radius 2 is 2.05 bits per heavy atom. The molecular formula is C12H12N2O6. The topological polar surface area (TPSA) is 99.0 Å². The zero-order valence-electron chi connectivity index (χ0n) is 10.6. The van der Waals surface area contributed by atoms with Gasteiger partial charge in [-0.2, -0.15) is 0 Å². The van der Waals surface area contributed by atoms with Crippen LogP contribution in [0.3, 0.4) is 0 Å². The minimum atomic E-state index is -0.938. The van der Waals surface area contributed by atoms with Gasteiger partial charge in [-0.3, -0.25) is 14.9 Å². The molecule has 1 fully saturated rings. The predicted molar refractivity (Wildman–Crippen MR) is 66.2 cm³/mol. The molecule has 0 N–H and O–H groups in total. The van der Waals surface area contributed by atoms with Crippen molar-refractivity contribution in [3.8, 4) is 5.75 Å². The Morgan fingerprint density at radius 1 is 1.40 bits per heavy atom. The molecule has 8 heteroatoms. The molecule has 20 heavy (non-hydrogen) atoms. The van der Waals surface area contributed by atoms with Crippen molar-refractivity contribution in [1.82, 2.24) is 4.90 Å². The average Bonchev–Trinajstić information content (AvgIpc) is 2.68. The maximum atomic E-state index is 11.5. The second-order valence-electron chi connectivity index (χ2n) is 4.32. The molecule has 0 aromatic heterocycles. The van der Waals surface area contributed by atoms with Crippen molar-refractivity contribution >= 4 is 17.7 Å². The van der Waals surface area contributed by atoms with Crippen LogP contribution in [0.15, 0.2) is 24.3 Å². The Labute approximate surface area is 114 Å². The number of non-ortho nitro benzene ring substituents is 1. The number of hydrogen-bond donors (Lipinski definition) is 0. The first kappa shape index (κ1) is 13.8. The average molecular weight is 280 g/mol. The number of nitro groups is 1. The van der Waals surface area contributed by atoms with Crippen LogP contribution in [0.4, 0.5) is 10.5 Å². The van der Waals surface area contributed by atoms with Crippen LogP contribution >= 0.6 is 0 Å². The molecule has 8 nitrogen and oxygen atoms in total. The zero-order chi connectivity index (χ0) is 14.7. The van der Waals surface area contributed by atoms with Crippen LogP contribution in [0.1, 0.15) is 6.42 Å². The molecule has 1 aromatic carbocycles. The summed E-state index contributed by atoms with van der Waals surface area (Å²) in [6.45, 7) is 0.328. The van der Waals surface area contributed by atoms with Gasteiger partial charge in [0.25, 0.3) is 5.69 Å². The van der Waals surface area contributed by atoms with Crippen molar-refractivity contribution < 1.29 is 24.0 Å². The largest absolute Gasteiger partial charge is 0.514 e. The van der Waals surface area contributed by atoms with Gasteiger partial charge in [0.15, 0.2) is 0 Å². The number of ether oxygens (including phenoxy) is 2. The van der Waals surface area contributed by atoms with Crippen molar-refractivity contribution in [2.24, 2.45) is 0 Å². The number of benzene rings is 1. The van der Waals surface area contributed by atoms with Gasteiger partial charge in [-0.25, -0.2) is 4.79 Å². The number of nitro benzene ring substituents is 1. The normalized spacial score (nSPS) is 17.9. The molecule has 1 amide bonds. The Balaban J connectivity index is 1.88. The van der Waals surface area contributed by atoms with E-state index in [-0.39, 0.29) is 23.8 Å². The lowest BCUT2D eigenvalue weighted by atomic mass is 10.3. The van der Waals surface area contributed by atoms with E-state index in [1.54, 1.807) is 7.05 Å². The molecule has 0 bridgehead atoms. The number of likely N-dealkylation sites (tertiary alicyclic amines) is 1. The SMILES string of the molecule is CN1C[C@H](OC(=O)Oc2ccc([N+](=O)[O-])cc2)CC1=O. The van der Waals surface area contributed by atoms with Crippen molar-refractivity contribution in [3.63, 3.8) is 0 Å². The number of amides is 1. The highest BCUT2D eigenvalue weighted by atomic mass is 16.7. The van der Waals surface area contributed by atoms with E-state index >= 15 is 0 Å². The monoisotopic (exact) mass is 280 g/mol. The Bertz CT molecular complexity index is 541. The van der Waals surface area contributed by atoms with Crippen molar-refractivity contribution in [1.29, 1.82) is 0 Å². The summed E-state index contributed by atoms with van der Waals surface area (Å²) in [5, 5.41) is 10.5. The molecule has 1 saturated heterocycles. The van der Waals surface area contributed by atoms with Gasteiger partial charge in [0.05, 0.1) is 17.9 Å². The van der Waals surface area contributed by atoms with E-state index in [0.29, 0.717) is 6.54 Å². The van der Waals surface area contributed by atoms with Gasteiger partial charge in [0.2, 0.25) is 5.91 Å². The van der Waals surface area contributed by atoms with Gasteiger partial charge in [-0.1, -0.05) is 0 Å². The minimum absolute atomic E-state index is 0.0989. The van der Waals surface area contributed by atoms with Gasteiger partial charge >= 0.3 is 6.16 Å². The number of nitrogens with zero attached hydrogens (tertiary/aromatic N) is 2. The molecule has 0 saturated carbocycles.